The van der Waals surface area contributed by atoms with E-state index in [2.05, 4.69) is 5.32 Å². The summed E-state index contributed by atoms with van der Waals surface area (Å²) in [6.45, 7) is 3.58. The van der Waals surface area contributed by atoms with Gasteiger partial charge in [0.05, 0.1) is 29.8 Å². The van der Waals surface area contributed by atoms with Gasteiger partial charge in [-0.3, -0.25) is 9.10 Å². The van der Waals surface area contributed by atoms with E-state index in [0.29, 0.717) is 10.7 Å². The first kappa shape index (κ1) is 22.7. The minimum absolute atomic E-state index is 0.190. The van der Waals surface area contributed by atoms with Crippen LogP contribution in [0.5, 0.6) is 0 Å². The van der Waals surface area contributed by atoms with Crippen LogP contribution in [0.15, 0.2) is 48.5 Å². The fourth-order valence-corrected chi connectivity index (χ4v) is 4.18. The van der Waals surface area contributed by atoms with E-state index >= 15 is 0 Å². The molecule has 7 nitrogen and oxygen atoms in total. The first-order valence-corrected chi connectivity index (χ1v) is 11.2. The molecule has 1 N–H and O–H groups in total. The highest BCUT2D eigenvalue weighted by Crippen LogP contribution is 2.25. The molecule has 0 spiro atoms. The van der Waals surface area contributed by atoms with Crippen LogP contribution < -0.4 is 9.62 Å². The third-order valence-corrected chi connectivity index (χ3v) is 5.52. The molecule has 2 rings (SSSR count). The van der Waals surface area contributed by atoms with Gasteiger partial charge >= 0.3 is 5.97 Å². The van der Waals surface area contributed by atoms with Crippen molar-refractivity contribution in [3.8, 4) is 0 Å². The molecule has 156 valence electrons. The van der Waals surface area contributed by atoms with E-state index in [-0.39, 0.29) is 24.3 Å². The fourth-order valence-electron chi connectivity index (χ4n) is 2.84. The number of nitrogens with zero attached hydrogens (tertiary/aromatic N) is 1. The van der Waals surface area contributed by atoms with Crippen LogP contribution in [-0.4, -0.2) is 39.2 Å². The molecule has 1 atom stereocenters. The molecule has 0 saturated carbocycles. The number of halogens is 1. The summed E-state index contributed by atoms with van der Waals surface area (Å²) < 4.78 is 31.0. The van der Waals surface area contributed by atoms with Gasteiger partial charge < -0.3 is 10.1 Å². The van der Waals surface area contributed by atoms with Crippen LogP contribution in [0.3, 0.4) is 0 Å². The number of carbonyl (C=O) groups excluding carboxylic acids is 2. The topological polar surface area (TPSA) is 92.8 Å². The van der Waals surface area contributed by atoms with E-state index in [9.17, 15) is 18.0 Å². The highest BCUT2D eigenvalue weighted by Gasteiger charge is 2.32. The smallest absolute Gasteiger partial charge is 0.340 e. The molecule has 0 radical (unpaired) electrons. The van der Waals surface area contributed by atoms with Gasteiger partial charge in [-0.2, -0.15) is 0 Å². The molecular formula is C20H23ClN2O5S. The Bertz CT molecular complexity index is 977. The van der Waals surface area contributed by atoms with E-state index < -0.39 is 27.9 Å². The molecule has 9 heteroatoms. The monoisotopic (exact) mass is 438 g/mol. The Kier molecular flexibility index (Phi) is 7.64. The standard InChI is InChI=1S/C20H23ClN2O5S/c1-4-18(23(29(3,26)27)15-12-10-14(21)11-13-15)19(24)22-17-9-7-6-8-16(17)20(25)28-5-2/h6-13,18H,4-5H2,1-3H3,(H,22,24). The second kappa shape index (κ2) is 9.76. The summed E-state index contributed by atoms with van der Waals surface area (Å²) in [7, 11) is -3.78. The largest absolute Gasteiger partial charge is 0.462 e. The summed E-state index contributed by atoms with van der Waals surface area (Å²) in [5.41, 5.74) is 0.756. The second-order valence-electron chi connectivity index (χ2n) is 6.21. The number of hydrogen-bond acceptors (Lipinski definition) is 5. The number of rotatable bonds is 8. The zero-order valence-corrected chi connectivity index (χ0v) is 18.0. The zero-order valence-electron chi connectivity index (χ0n) is 16.4. The fraction of sp³-hybridized carbons (Fsp3) is 0.300. The van der Waals surface area contributed by atoms with Gasteiger partial charge in [-0.15, -0.1) is 0 Å². The van der Waals surface area contributed by atoms with Gasteiger partial charge in [0, 0.05) is 5.02 Å². The summed E-state index contributed by atoms with van der Waals surface area (Å²) in [5, 5.41) is 3.11. The zero-order chi connectivity index (χ0) is 21.6. The average Bonchev–Trinajstić information content (AvgIpc) is 2.66. The molecule has 2 aromatic rings. The molecule has 1 unspecified atom stereocenters. The first-order valence-electron chi connectivity index (χ1n) is 9.01. The maximum atomic E-state index is 13.0. The lowest BCUT2D eigenvalue weighted by Crippen LogP contribution is -2.47. The van der Waals surface area contributed by atoms with E-state index in [4.69, 9.17) is 16.3 Å². The summed E-state index contributed by atoms with van der Waals surface area (Å²) in [5.74, 6) is -1.14. The lowest BCUT2D eigenvalue weighted by atomic mass is 10.1. The first-order chi connectivity index (χ1) is 13.7. The molecule has 0 aromatic heterocycles. The number of nitrogens with one attached hydrogen (secondary N) is 1. The number of carbonyl (C=O) groups is 2. The Balaban J connectivity index is 2.39. The predicted octanol–water partition coefficient (Wildman–Crippen LogP) is 3.70. The van der Waals surface area contributed by atoms with Crippen molar-refractivity contribution in [2.75, 3.05) is 22.5 Å². The molecule has 0 heterocycles. The molecule has 1 amide bonds. The van der Waals surface area contributed by atoms with Crippen molar-refractivity contribution in [2.24, 2.45) is 0 Å². The molecule has 29 heavy (non-hydrogen) atoms. The Morgan fingerprint density at radius 2 is 1.72 bits per heavy atom. The number of amides is 1. The highest BCUT2D eigenvalue weighted by molar-refractivity contribution is 7.92. The number of ether oxygens (including phenoxy) is 1. The van der Waals surface area contributed by atoms with Crippen LogP contribution in [0.2, 0.25) is 5.02 Å². The third-order valence-electron chi connectivity index (χ3n) is 4.09. The van der Waals surface area contributed by atoms with Crippen molar-refractivity contribution in [2.45, 2.75) is 26.3 Å². The van der Waals surface area contributed by atoms with Crippen molar-refractivity contribution < 1.29 is 22.7 Å². The maximum absolute atomic E-state index is 13.0. The number of benzene rings is 2. The van der Waals surface area contributed by atoms with Crippen LogP contribution >= 0.6 is 11.6 Å². The molecular weight excluding hydrogens is 416 g/mol. The Labute approximate surface area is 175 Å². The average molecular weight is 439 g/mol. The molecule has 0 fully saturated rings. The van der Waals surface area contributed by atoms with Gasteiger partial charge in [-0.1, -0.05) is 30.7 Å². The van der Waals surface area contributed by atoms with Gasteiger partial charge in [0.1, 0.15) is 6.04 Å². The van der Waals surface area contributed by atoms with Crippen molar-refractivity contribution in [3.63, 3.8) is 0 Å². The molecule has 0 aliphatic carbocycles. The van der Waals surface area contributed by atoms with E-state index in [0.717, 1.165) is 10.6 Å². The van der Waals surface area contributed by atoms with E-state index in [1.54, 1.807) is 44.2 Å². The quantitative estimate of drug-likeness (QED) is 0.634. The Morgan fingerprint density at radius 3 is 2.28 bits per heavy atom. The number of para-hydroxylation sites is 1. The Hall–Kier alpha value is -2.58. The molecule has 0 aliphatic heterocycles. The normalized spacial score (nSPS) is 12.1. The van der Waals surface area contributed by atoms with Crippen LogP contribution in [0.25, 0.3) is 0 Å². The number of esters is 1. The molecule has 2 aromatic carbocycles. The minimum atomic E-state index is -3.78. The van der Waals surface area contributed by atoms with Crippen molar-refractivity contribution in [1.82, 2.24) is 0 Å². The van der Waals surface area contributed by atoms with E-state index in [1.165, 1.54) is 18.2 Å². The third kappa shape index (κ3) is 5.71. The predicted molar refractivity (Wildman–Crippen MR) is 114 cm³/mol. The highest BCUT2D eigenvalue weighted by atomic mass is 35.5. The van der Waals surface area contributed by atoms with Gasteiger partial charge in [-0.25, -0.2) is 13.2 Å². The molecule has 0 saturated heterocycles. The van der Waals surface area contributed by atoms with Crippen LogP contribution in [-0.2, 0) is 19.6 Å². The van der Waals surface area contributed by atoms with Crippen LogP contribution in [0.4, 0.5) is 11.4 Å². The SMILES string of the molecule is CCOC(=O)c1ccccc1NC(=O)C(CC)N(c1ccc(Cl)cc1)S(C)(=O)=O. The number of hydrogen-bond donors (Lipinski definition) is 1. The van der Waals surface area contributed by atoms with Gasteiger partial charge in [0.15, 0.2) is 0 Å². The van der Waals surface area contributed by atoms with Crippen molar-refractivity contribution >= 4 is 44.9 Å². The van der Waals surface area contributed by atoms with E-state index in [1.807, 2.05) is 0 Å². The summed E-state index contributed by atoms with van der Waals surface area (Å²) in [6.07, 6.45) is 1.24. The van der Waals surface area contributed by atoms with Crippen molar-refractivity contribution in [3.05, 3.63) is 59.1 Å². The minimum Gasteiger partial charge on any atom is -0.462 e. The molecule has 0 bridgehead atoms. The number of sulfonamides is 1. The van der Waals surface area contributed by atoms with Gasteiger partial charge in [0.2, 0.25) is 15.9 Å². The lowest BCUT2D eigenvalue weighted by molar-refractivity contribution is -0.117. The maximum Gasteiger partial charge on any atom is 0.340 e. The van der Waals surface area contributed by atoms with Gasteiger partial charge in [-0.05, 0) is 49.7 Å². The summed E-state index contributed by atoms with van der Waals surface area (Å²) >= 11 is 5.90. The summed E-state index contributed by atoms with van der Waals surface area (Å²) in [4.78, 5) is 25.1. The van der Waals surface area contributed by atoms with Crippen LogP contribution in [0, 0.1) is 0 Å². The lowest BCUT2D eigenvalue weighted by Gasteiger charge is -2.30. The van der Waals surface area contributed by atoms with Gasteiger partial charge in [0.25, 0.3) is 0 Å². The Morgan fingerprint density at radius 1 is 1.10 bits per heavy atom. The number of anilines is 2. The van der Waals surface area contributed by atoms with Crippen molar-refractivity contribution in [1.29, 1.82) is 0 Å². The second-order valence-corrected chi connectivity index (χ2v) is 8.51. The summed E-state index contributed by atoms with van der Waals surface area (Å²) in [6, 6.07) is 11.5. The molecule has 0 aliphatic rings. The van der Waals surface area contributed by atoms with Crippen LogP contribution in [0.1, 0.15) is 30.6 Å².